The van der Waals surface area contributed by atoms with Crippen LogP contribution in [0.15, 0.2) is 47.4 Å². The predicted octanol–water partition coefficient (Wildman–Crippen LogP) is 1.91. The van der Waals surface area contributed by atoms with Gasteiger partial charge in [0.2, 0.25) is 0 Å². The normalized spacial score (nSPS) is 18.7. The minimum Gasteiger partial charge on any atom is -0.378 e. The Morgan fingerprint density at radius 3 is 2.96 bits per heavy atom. The highest BCUT2D eigenvalue weighted by molar-refractivity contribution is 5.40. The van der Waals surface area contributed by atoms with Crippen LogP contribution in [-0.2, 0) is 18.3 Å². The lowest BCUT2D eigenvalue weighted by Crippen LogP contribution is -2.40. The molecular formula is C19H22N4O2. The van der Waals surface area contributed by atoms with Crippen LogP contribution in [0.5, 0.6) is 0 Å². The van der Waals surface area contributed by atoms with E-state index in [0.29, 0.717) is 25.4 Å². The van der Waals surface area contributed by atoms with Crippen molar-refractivity contribution >= 4 is 5.65 Å². The smallest absolute Gasteiger partial charge is 0.258 e. The lowest BCUT2D eigenvalue weighted by molar-refractivity contribution is -0.0157. The fourth-order valence-electron chi connectivity index (χ4n) is 3.57. The molecule has 1 atom stereocenters. The van der Waals surface area contributed by atoms with Crippen molar-refractivity contribution in [3.8, 4) is 0 Å². The molecule has 0 radical (unpaired) electrons. The molecule has 4 heterocycles. The Labute approximate surface area is 146 Å². The molecule has 1 aliphatic heterocycles. The van der Waals surface area contributed by atoms with Gasteiger partial charge in [0.25, 0.3) is 5.56 Å². The second kappa shape index (κ2) is 6.46. The Bertz CT molecular complexity index is 959. The fourth-order valence-corrected chi connectivity index (χ4v) is 3.57. The predicted molar refractivity (Wildman–Crippen MR) is 95.6 cm³/mol. The third-order valence-corrected chi connectivity index (χ3v) is 4.86. The molecule has 3 aromatic heterocycles. The number of pyridine rings is 1. The lowest BCUT2D eigenvalue weighted by Gasteiger charge is -2.35. The van der Waals surface area contributed by atoms with E-state index in [1.807, 2.05) is 44.4 Å². The number of hydrogen-bond acceptors (Lipinski definition) is 4. The molecule has 0 spiro atoms. The SMILES string of the molecule is Cc1cccc2nc(CN3CCOC[C@H]3c3cccn3C)cc(=O)n12. The van der Waals surface area contributed by atoms with Crippen LogP contribution >= 0.6 is 0 Å². The molecule has 0 aliphatic carbocycles. The molecule has 0 unspecified atom stereocenters. The molecule has 1 saturated heterocycles. The lowest BCUT2D eigenvalue weighted by atomic mass is 10.1. The van der Waals surface area contributed by atoms with Gasteiger partial charge < -0.3 is 9.30 Å². The van der Waals surface area contributed by atoms with E-state index in [2.05, 4.69) is 15.5 Å². The topological polar surface area (TPSA) is 51.8 Å². The van der Waals surface area contributed by atoms with Crippen LogP contribution < -0.4 is 5.56 Å². The van der Waals surface area contributed by atoms with Gasteiger partial charge in [-0.15, -0.1) is 0 Å². The quantitative estimate of drug-likeness (QED) is 0.732. The molecule has 25 heavy (non-hydrogen) atoms. The summed E-state index contributed by atoms with van der Waals surface area (Å²) in [5.74, 6) is 0. The molecule has 0 saturated carbocycles. The summed E-state index contributed by atoms with van der Waals surface area (Å²) in [4.78, 5) is 19.5. The average molecular weight is 338 g/mol. The molecule has 6 heteroatoms. The fraction of sp³-hybridized carbons (Fsp3) is 0.368. The molecule has 3 aromatic rings. The number of rotatable bonds is 3. The van der Waals surface area contributed by atoms with Gasteiger partial charge in [-0.1, -0.05) is 6.07 Å². The molecule has 1 fully saturated rings. The largest absolute Gasteiger partial charge is 0.378 e. The molecule has 0 N–H and O–H groups in total. The summed E-state index contributed by atoms with van der Waals surface area (Å²) in [6.45, 7) is 4.74. The van der Waals surface area contributed by atoms with E-state index in [-0.39, 0.29) is 11.6 Å². The molecule has 1 aliphatic rings. The minimum atomic E-state index is -0.0261. The third kappa shape index (κ3) is 2.99. The minimum absolute atomic E-state index is 0.0261. The van der Waals surface area contributed by atoms with E-state index < -0.39 is 0 Å². The second-order valence-electron chi connectivity index (χ2n) is 6.55. The summed E-state index contributed by atoms with van der Waals surface area (Å²) in [5, 5.41) is 0. The van der Waals surface area contributed by atoms with Crippen molar-refractivity contribution in [2.45, 2.75) is 19.5 Å². The van der Waals surface area contributed by atoms with Crippen molar-refractivity contribution in [2.75, 3.05) is 19.8 Å². The molecular weight excluding hydrogens is 316 g/mol. The van der Waals surface area contributed by atoms with Crippen molar-refractivity contribution in [3.05, 3.63) is 70.0 Å². The maximum atomic E-state index is 12.5. The van der Waals surface area contributed by atoms with Gasteiger partial charge in [0, 0.05) is 43.8 Å². The zero-order valence-corrected chi connectivity index (χ0v) is 14.6. The zero-order valence-electron chi connectivity index (χ0n) is 14.6. The number of fused-ring (bicyclic) bond motifs is 1. The Hall–Kier alpha value is -2.44. The summed E-state index contributed by atoms with van der Waals surface area (Å²) in [7, 11) is 2.05. The van der Waals surface area contributed by atoms with Gasteiger partial charge in [-0.3, -0.25) is 14.1 Å². The van der Waals surface area contributed by atoms with E-state index in [9.17, 15) is 4.79 Å². The number of hydrogen-bond donors (Lipinski definition) is 0. The number of nitrogens with zero attached hydrogens (tertiary/aromatic N) is 4. The standard InChI is InChI=1S/C19H22N4O2/c1-14-5-3-7-18-20-15(11-19(24)23(14)18)12-22-9-10-25-13-17(22)16-6-4-8-21(16)2/h3-8,11,17H,9-10,12-13H2,1-2H3/t17-/m0/s1. The van der Waals surface area contributed by atoms with E-state index in [0.717, 1.165) is 17.9 Å². The van der Waals surface area contributed by atoms with Crippen LogP contribution in [0.1, 0.15) is 23.1 Å². The van der Waals surface area contributed by atoms with Gasteiger partial charge in [-0.2, -0.15) is 0 Å². The van der Waals surface area contributed by atoms with Crippen LogP contribution in [-0.4, -0.2) is 38.6 Å². The highest BCUT2D eigenvalue weighted by atomic mass is 16.5. The van der Waals surface area contributed by atoms with Crippen molar-refractivity contribution < 1.29 is 4.74 Å². The first-order chi connectivity index (χ1) is 12.1. The average Bonchev–Trinajstić information content (AvgIpc) is 3.01. The monoisotopic (exact) mass is 338 g/mol. The molecule has 130 valence electrons. The zero-order chi connectivity index (χ0) is 17.4. The van der Waals surface area contributed by atoms with Crippen LogP contribution in [0.3, 0.4) is 0 Å². The van der Waals surface area contributed by atoms with Crippen LogP contribution in [0, 0.1) is 6.92 Å². The number of ether oxygens (including phenoxy) is 1. The summed E-state index contributed by atoms with van der Waals surface area (Å²) < 4.78 is 9.47. The Balaban J connectivity index is 1.67. The number of aryl methyl sites for hydroxylation is 2. The van der Waals surface area contributed by atoms with E-state index >= 15 is 0 Å². The molecule has 0 aromatic carbocycles. The van der Waals surface area contributed by atoms with Crippen LogP contribution in [0.4, 0.5) is 0 Å². The van der Waals surface area contributed by atoms with Crippen molar-refractivity contribution in [1.82, 2.24) is 18.9 Å². The van der Waals surface area contributed by atoms with E-state index in [1.54, 1.807) is 10.5 Å². The summed E-state index contributed by atoms with van der Waals surface area (Å²) in [6.07, 6.45) is 2.05. The van der Waals surface area contributed by atoms with Gasteiger partial charge in [0.15, 0.2) is 0 Å². The molecule has 6 nitrogen and oxygen atoms in total. The molecule has 0 amide bonds. The van der Waals surface area contributed by atoms with Gasteiger partial charge in [-0.25, -0.2) is 4.98 Å². The second-order valence-corrected chi connectivity index (χ2v) is 6.55. The summed E-state index contributed by atoms with van der Waals surface area (Å²) >= 11 is 0. The summed E-state index contributed by atoms with van der Waals surface area (Å²) in [5.41, 5.74) is 3.59. The molecule has 4 rings (SSSR count). The highest BCUT2D eigenvalue weighted by Gasteiger charge is 2.26. The van der Waals surface area contributed by atoms with Gasteiger partial charge in [0.1, 0.15) is 5.65 Å². The van der Waals surface area contributed by atoms with Crippen LogP contribution in [0.25, 0.3) is 5.65 Å². The van der Waals surface area contributed by atoms with E-state index in [4.69, 9.17) is 9.72 Å². The van der Waals surface area contributed by atoms with Gasteiger partial charge in [0.05, 0.1) is 24.9 Å². The third-order valence-electron chi connectivity index (χ3n) is 4.86. The Morgan fingerprint density at radius 1 is 1.28 bits per heavy atom. The first-order valence-electron chi connectivity index (χ1n) is 8.55. The Kier molecular flexibility index (Phi) is 4.15. The maximum Gasteiger partial charge on any atom is 0.258 e. The Morgan fingerprint density at radius 2 is 2.16 bits per heavy atom. The first-order valence-corrected chi connectivity index (χ1v) is 8.55. The van der Waals surface area contributed by atoms with E-state index in [1.165, 1.54) is 5.69 Å². The summed E-state index contributed by atoms with van der Waals surface area (Å²) in [6, 6.07) is 11.7. The van der Waals surface area contributed by atoms with Crippen LogP contribution in [0.2, 0.25) is 0 Å². The van der Waals surface area contributed by atoms with Crippen molar-refractivity contribution in [2.24, 2.45) is 7.05 Å². The number of aromatic nitrogens is 3. The molecule has 0 bridgehead atoms. The van der Waals surface area contributed by atoms with Crippen molar-refractivity contribution in [3.63, 3.8) is 0 Å². The van der Waals surface area contributed by atoms with Gasteiger partial charge in [-0.05, 0) is 31.2 Å². The highest BCUT2D eigenvalue weighted by Crippen LogP contribution is 2.25. The maximum absolute atomic E-state index is 12.5. The number of morpholine rings is 1. The van der Waals surface area contributed by atoms with Crippen molar-refractivity contribution in [1.29, 1.82) is 0 Å². The van der Waals surface area contributed by atoms with Gasteiger partial charge >= 0.3 is 0 Å². The first kappa shape index (κ1) is 16.1.